The molecule has 1 amide bonds. The van der Waals surface area contributed by atoms with Crippen LogP contribution in [0.1, 0.15) is 15.9 Å². The molecule has 0 aliphatic carbocycles. The van der Waals surface area contributed by atoms with Crippen molar-refractivity contribution < 1.29 is 23.1 Å². The van der Waals surface area contributed by atoms with Crippen molar-refractivity contribution in [2.75, 3.05) is 25.7 Å². The Morgan fingerprint density at radius 3 is 2.52 bits per heavy atom. The van der Waals surface area contributed by atoms with Gasteiger partial charge in [0.25, 0.3) is 5.78 Å². The highest BCUT2D eigenvalue weighted by molar-refractivity contribution is 6.52. The van der Waals surface area contributed by atoms with E-state index in [0.29, 0.717) is 22.6 Å². The molecule has 2 aromatic rings. The van der Waals surface area contributed by atoms with Gasteiger partial charge in [-0.25, -0.2) is 8.78 Å². The minimum atomic E-state index is -0.923. The number of anilines is 1. The van der Waals surface area contributed by atoms with E-state index in [0.717, 1.165) is 12.1 Å². The van der Waals surface area contributed by atoms with Gasteiger partial charge < -0.3 is 4.74 Å². The fourth-order valence-corrected chi connectivity index (χ4v) is 2.78. The number of carbonyl (C=O) groups is 2. The average Bonchev–Trinajstić information content (AvgIpc) is 2.82. The van der Waals surface area contributed by atoms with Crippen molar-refractivity contribution in [3.05, 3.63) is 59.2 Å². The summed E-state index contributed by atoms with van der Waals surface area (Å²) in [6.45, 7) is 0.415. The summed E-state index contributed by atoms with van der Waals surface area (Å²) in [5, 5.41) is 0. The first-order valence-corrected chi connectivity index (χ1v) is 7.57. The van der Waals surface area contributed by atoms with Crippen LogP contribution in [0.4, 0.5) is 14.5 Å². The summed E-state index contributed by atoms with van der Waals surface area (Å²) in [7, 11) is 3.22. The van der Waals surface area contributed by atoms with Crippen LogP contribution in [0.25, 0.3) is 0 Å². The molecule has 2 aromatic carbocycles. The Kier molecular flexibility index (Phi) is 4.50. The molecule has 130 valence electrons. The van der Waals surface area contributed by atoms with Crippen LogP contribution in [0.15, 0.2) is 36.4 Å². The van der Waals surface area contributed by atoms with Crippen molar-refractivity contribution in [1.29, 1.82) is 0 Å². The van der Waals surface area contributed by atoms with Crippen LogP contribution < -0.4 is 9.64 Å². The molecule has 7 heteroatoms. The molecule has 3 rings (SSSR count). The molecule has 0 saturated carbocycles. The molecule has 0 spiro atoms. The lowest BCUT2D eigenvalue weighted by atomic mass is 10.1. The van der Waals surface area contributed by atoms with Crippen LogP contribution in [0.3, 0.4) is 0 Å². The molecule has 0 aromatic heterocycles. The first-order chi connectivity index (χ1) is 11.9. The number of nitrogens with zero attached hydrogens (tertiary/aromatic N) is 2. The second-order valence-electron chi connectivity index (χ2n) is 5.85. The Bertz CT molecular complexity index is 854. The molecule has 0 atom stereocenters. The topological polar surface area (TPSA) is 49.9 Å². The summed E-state index contributed by atoms with van der Waals surface area (Å²) in [6, 6.07) is 8.46. The summed E-state index contributed by atoms with van der Waals surface area (Å²) in [5.74, 6) is -2.49. The van der Waals surface area contributed by atoms with Gasteiger partial charge in [-0.1, -0.05) is 6.07 Å². The van der Waals surface area contributed by atoms with E-state index in [9.17, 15) is 18.4 Å². The van der Waals surface area contributed by atoms with E-state index in [1.807, 2.05) is 0 Å². The van der Waals surface area contributed by atoms with Gasteiger partial charge in [0.05, 0.1) is 25.0 Å². The van der Waals surface area contributed by atoms with Crippen molar-refractivity contribution in [2.45, 2.75) is 6.54 Å². The quantitative estimate of drug-likeness (QED) is 0.781. The lowest BCUT2D eigenvalue weighted by Gasteiger charge is -2.24. The zero-order valence-corrected chi connectivity index (χ0v) is 13.8. The Labute approximate surface area is 143 Å². The molecule has 0 fully saturated rings. The van der Waals surface area contributed by atoms with Crippen LogP contribution in [0.2, 0.25) is 0 Å². The summed E-state index contributed by atoms with van der Waals surface area (Å²) in [5.41, 5.74) is 1.36. The number of halogens is 2. The maximum atomic E-state index is 13.3. The highest BCUT2D eigenvalue weighted by atomic mass is 19.2. The monoisotopic (exact) mass is 346 g/mol. The first kappa shape index (κ1) is 17.0. The standard InChI is InChI=1S/C18H16F2N2O3/c1-21(9-11-3-6-14(19)15(20)7-11)10-22-16-8-12(25-2)4-5-13(16)17(23)18(22)24/h3-8H,9-10H2,1-2H3. The van der Waals surface area contributed by atoms with Crippen molar-refractivity contribution in [1.82, 2.24) is 4.90 Å². The SMILES string of the molecule is COc1ccc2c(c1)N(CN(C)Cc1ccc(F)c(F)c1)C(=O)C2=O. The molecule has 1 aliphatic heterocycles. The molecule has 1 aliphatic rings. The van der Waals surface area contributed by atoms with Crippen LogP contribution in [0.5, 0.6) is 5.75 Å². The van der Waals surface area contributed by atoms with E-state index in [1.165, 1.54) is 18.1 Å². The minimum absolute atomic E-state index is 0.129. The molecule has 0 unspecified atom stereocenters. The average molecular weight is 346 g/mol. The van der Waals surface area contributed by atoms with Gasteiger partial charge in [-0.3, -0.25) is 19.4 Å². The third kappa shape index (κ3) is 3.23. The van der Waals surface area contributed by atoms with Crippen LogP contribution >= 0.6 is 0 Å². The van der Waals surface area contributed by atoms with Gasteiger partial charge in [-0.15, -0.1) is 0 Å². The fourth-order valence-electron chi connectivity index (χ4n) is 2.78. The molecular formula is C18H16F2N2O3. The van der Waals surface area contributed by atoms with E-state index < -0.39 is 23.3 Å². The number of ether oxygens (including phenoxy) is 1. The maximum Gasteiger partial charge on any atom is 0.300 e. The number of hydrogen-bond acceptors (Lipinski definition) is 4. The van der Waals surface area contributed by atoms with E-state index in [1.54, 1.807) is 30.1 Å². The second kappa shape index (κ2) is 6.60. The van der Waals surface area contributed by atoms with E-state index in [2.05, 4.69) is 0 Å². The fraction of sp³-hybridized carbons (Fsp3) is 0.222. The zero-order valence-electron chi connectivity index (χ0n) is 13.8. The predicted molar refractivity (Wildman–Crippen MR) is 87.5 cm³/mol. The number of fused-ring (bicyclic) bond motifs is 1. The molecule has 25 heavy (non-hydrogen) atoms. The number of rotatable bonds is 5. The number of methoxy groups -OCH3 is 1. The number of carbonyl (C=O) groups excluding carboxylic acids is 2. The molecular weight excluding hydrogens is 330 g/mol. The summed E-state index contributed by atoms with van der Waals surface area (Å²) < 4.78 is 31.5. The largest absolute Gasteiger partial charge is 0.497 e. The lowest BCUT2D eigenvalue weighted by molar-refractivity contribution is -0.114. The summed E-state index contributed by atoms with van der Waals surface area (Å²) in [4.78, 5) is 27.4. The predicted octanol–water partition coefficient (Wildman–Crippen LogP) is 2.59. The Balaban J connectivity index is 1.79. The van der Waals surface area contributed by atoms with Crippen LogP contribution in [0, 0.1) is 11.6 Å². The second-order valence-corrected chi connectivity index (χ2v) is 5.85. The molecule has 1 heterocycles. The number of benzene rings is 2. The normalized spacial score (nSPS) is 13.6. The van der Waals surface area contributed by atoms with Gasteiger partial charge in [0, 0.05) is 12.6 Å². The van der Waals surface area contributed by atoms with Gasteiger partial charge >= 0.3 is 5.91 Å². The highest BCUT2D eigenvalue weighted by Crippen LogP contribution is 2.32. The maximum absolute atomic E-state index is 13.3. The van der Waals surface area contributed by atoms with Crippen molar-refractivity contribution in [3.63, 3.8) is 0 Å². The van der Waals surface area contributed by atoms with Crippen molar-refractivity contribution in [3.8, 4) is 5.75 Å². The smallest absolute Gasteiger partial charge is 0.300 e. The highest BCUT2D eigenvalue weighted by Gasteiger charge is 2.36. The van der Waals surface area contributed by atoms with Crippen LogP contribution in [-0.4, -0.2) is 37.4 Å². The number of hydrogen-bond donors (Lipinski definition) is 0. The Morgan fingerprint density at radius 2 is 1.84 bits per heavy atom. The molecule has 0 radical (unpaired) electrons. The molecule has 5 nitrogen and oxygen atoms in total. The molecule has 0 N–H and O–H groups in total. The number of Topliss-reactive ketones (excluding diaryl/α,β-unsaturated/α-hetero) is 1. The molecule has 0 bridgehead atoms. The third-order valence-electron chi connectivity index (χ3n) is 4.00. The minimum Gasteiger partial charge on any atom is -0.497 e. The zero-order chi connectivity index (χ0) is 18.1. The van der Waals surface area contributed by atoms with Gasteiger partial charge in [-0.05, 0) is 36.9 Å². The van der Waals surface area contributed by atoms with Gasteiger partial charge in [0.15, 0.2) is 11.6 Å². The Hall–Kier alpha value is -2.80. The summed E-state index contributed by atoms with van der Waals surface area (Å²) in [6.07, 6.45) is 0. The number of ketones is 1. The van der Waals surface area contributed by atoms with Gasteiger partial charge in [0.1, 0.15) is 5.75 Å². The van der Waals surface area contributed by atoms with Crippen LogP contribution in [-0.2, 0) is 11.3 Å². The molecule has 0 saturated heterocycles. The van der Waals surface area contributed by atoms with E-state index >= 15 is 0 Å². The lowest BCUT2D eigenvalue weighted by Crippen LogP contribution is -2.38. The summed E-state index contributed by atoms with van der Waals surface area (Å²) >= 11 is 0. The first-order valence-electron chi connectivity index (χ1n) is 7.57. The van der Waals surface area contributed by atoms with Gasteiger partial charge in [-0.2, -0.15) is 0 Å². The van der Waals surface area contributed by atoms with E-state index in [4.69, 9.17) is 4.74 Å². The van der Waals surface area contributed by atoms with E-state index in [-0.39, 0.29) is 13.2 Å². The number of amides is 1. The third-order valence-corrected chi connectivity index (χ3v) is 4.00. The van der Waals surface area contributed by atoms with Gasteiger partial charge in [0.2, 0.25) is 0 Å². The Morgan fingerprint density at radius 1 is 1.08 bits per heavy atom. The van der Waals surface area contributed by atoms with Crippen molar-refractivity contribution in [2.24, 2.45) is 0 Å². The van der Waals surface area contributed by atoms with Crippen molar-refractivity contribution >= 4 is 17.4 Å².